The van der Waals surface area contributed by atoms with Gasteiger partial charge in [-0.05, 0) is 25.0 Å². The first-order chi connectivity index (χ1) is 10.1. The van der Waals surface area contributed by atoms with Crippen molar-refractivity contribution in [3.8, 4) is 0 Å². The summed E-state index contributed by atoms with van der Waals surface area (Å²) in [6.45, 7) is 2.82. The molecule has 1 aromatic rings. The van der Waals surface area contributed by atoms with Crippen molar-refractivity contribution < 1.29 is 14.3 Å². The summed E-state index contributed by atoms with van der Waals surface area (Å²) in [5, 5.41) is 10.4. The zero-order chi connectivity index (χ0) is 15.0. The Morgan fingerprint density at radius 2 is 1.95 bits per heavy atom. The molecule has 1 saturated heterocycles. The van der Waals surface area contributed by atoms with Crippen molar-refractivity contribution in [2.75, 3.05) is 26.2 Å². The van der Waals surface area contributed by atoms with Crippen LogP contribution in [0.2, 0.25) is 5.02 Å². The van der Waals surface area contributed by atoms with Crippen molar-refractivity contribution in [1.82, 2.24) is 9.80 Å². The van der Waals surface area contributed by atoms with E-state index in [-0.39, 0.29) is 10.6 Å². The lowest BCUT2D eigenvalue weighted by atomic mass is 10.1. The Morgan fingerprint density at radius 3 is 2.52 bits per heavy atom. The first-order valence-electron chi connectivity index (χ1n) is 7.22. The number of rotatable bonds is 3. The van der Waals surface area contributed by atoms with E-state index in [9.17, 15) is 14.3 Å². The Kier molecular flexibility index (Phi) is 4.15. The molecule has 1 saturated carbocycles. The summed E-state index contributed by atoms with van der Waals surface area (Å²) in [6.07, 6.45) is 1.02. The van der Waals surface area contributed by atoms with E-state index >= 15 is 0 Å². The van der Waals surface area contributed by atoms with Crippen LogP contribution in [0.1, 0.15) is 24.5 Å². The zero-order valence-electron chi connectivity index (χ0n) is 11.6. The fourth-order valence-electron chi connectivity index (χ4n) is 2.78. The van der Waals surface area contributed by atoms with Crippen LogP contribution in [-0.4, -0.2) is 53.0 Å². The van der Waals surface area contributed by atoms with E-state index < -0.39 is 17.8 Å². The molecule has 1 N–H and O–H groups in total. The quantitative estimate of drug-likeness (QED) is 0.926. The zero-order valence-corrected chi connectivity index (χ0v) is 12.4. The number of nitrogens with zero attached hydrogens (tertiary/aromatic N) is 2. The summed E-state index contributed by atoms with van der Waals surface area (Å²) in [5.41, 5.74) is -0.0194. The van der Waals surface area contributed by atoms with Crippen LogP contribution < -0.4 is 0 Å². The monoisotopic (exact) mass is 312 g/mol. The van der Waals surface area contributed by atoms with Crippen LogP contribution in [0.15, 0.2) is 18.2 Å². The minimum atomic E-state index is -1.46. The van der Waals surface area contributed by atoms with Crippen molar-refractivity contribution in [2.24, 2.45) is 0 Å². The van der Waals surface area contributed by atoms with E-state index in [0.717, 1.165) is 19.2 Å². The molecule has 1 atom stereocenters. The molecular formula is C15H18ClFN2O2. The van der Waals surface area contributed by atoms with Gasteiger partial charge in [-0.3, -0.25) is 9.69 Å². The fraction of sp³-hybridized carbons (Fsp3) is 0.533. The molecule has 114 valence electrons. The molecular weight excluding hydrogens is 295 g/mol. The topological polar surface area (TPSA) is 43.8 Å². The lowest BCUT2D eigenvalue weighted by Gasteiger charge is -2.35. The minimum Gasteiger partial charge on any atom is -0.378 e. The smallest absolute Gasteiger partial charge is 0.256 e. The molecule has 3 rings (SSSR count). The number of hydrogen-bond donors (Lipinski definition) is 1. The van der Waals surface area contributed by atoms with Crippen molar-refractivity contribution in [3.05, 3.63) is 34.6 Å². The Labute approximate surface area is 128 Å². The van der Waals surface area contributed by atoms with Gasteiger partial charge in [0.15, 0.2) is 6.10 Å². The van der Waals surface area contributed by atoms with Crippen LogP contribution >= 0.6 is 11.6 Å². The maximum atomic E-state index is 13.8. The number of carbonyl (C=O) groups is 1. The third-order valence-electron chi connectivity index (χ3n) is 4.18. The first-order valence-corrected chi connectivity index (χ1v) is 7.60. The summed E-state index contributed by atoms with van der Waals surface area (Å²) in [5.74, 6) is -1.09. The molecule has 1 aliphatic carbocycles. The van der Waals surface area contributed by atoms with E-state index in [1.165, 1.54) is 25.0 Å². The highest BCUT2D eigenvalue weighted by Gasteiger charge is 2.34. The van der Waals surface area contributed by atoms with Gasteiger partial charge < -0.3 is 10.0 Å². The van der Waals surface area contributed by atoms with Crippen molar-refractivity contribution in [2.45, 2.75) is 25.0 Å². The van der Waals surface area contributed by atoms with Gasteiger partial charge in [0, 0.05) is 42.8 Å². The van der Waals surface area contributed by atoms with Gasteiger partial charge in [0.05, 0.1) is 0 Å². The molecule has 4 nitrogen and oxygen atoms in total. The van der Waals surface area contributed by atoms with Gasteiger partial charge in [-0.2, -0.15) is 0 Å². The maximum Gasteiger partial charge on any atom is 0.256 e. The van der Waals surface area contributed by atoms with Gasteiger partial charge in [0.2, 0.25) is 0 Å². The van der Waals surface area contributed by atoms with E-state index in [1.807, 2.05) is 0 Å². The average molecular weight is 313 g/mol. The second-order valence-electron chi connectivity index (χ2n) is 5.66. The van der Waals surface area contributed by atoms with Gasteiger partial charge >= 0.3 is 0 Å². The van der Waals surface area contributed by atoms with E-state index in [2.05, 4.69) is 4.90 Å². The van der Waals surface area contributed by atoms with Gasteiger partial charge in [-0.15, -0.1) is 0 Å². The lowest BCUT2D eigenvalue weighted by Crippen LogP contribution is -2.50. The molecule has 1 aromatic carbocycles. The van der Waals surface area contributed by atoms with Crippen LogP contribution in [0.3, 0.4) is 0 Å². The van der Waals surface area contributed by atoms with E-state index in [0.29, 0.717) is 19.1 Å². The van der Waals surface area contributed by atoms with Gasteiger partial charge in [0.1, 0.15) is 5.82 Å². The van der Waals surface area contributed by atoms with Gasteiger partial charge in [-0.25, -0.2) is 4.39 Å². The number of carbonyl (C=O) groups excluding carboxylic acids is 1. The predicted molar refractivity (Wildman–Crippen MR) is 77.5 cm³/mol. The Balaban J connectivity index is 1.64. The SMILES string of the molecule is O=C([C@@H](O)c1ccc(Cl)cc1F)N1CCN(C2CC2)CC1. The molecule has 0 unspecified atom stereocenters. The maximum absolute atomic E-state index is 13.8. The number of hydrogen-bond acceptors (Lipinski definition) is 3. The summed E-state index contributed by atoms with van der Waals surface area (Å²) in [4.78, 5) is 16.3. The molecule has 1 heterocycles. The molecule has 1 aliphatic heterocycles. The van der Waals surface area contributed by atoms with Gasteiger partial charge in [-0.1, -0.05) is 17.7 Å². The predicted octanol–water partition coefficient (Wildman–Crippen LogP) is 1.82. The number of halogens is 2. The highest BCUT2D eigenvalue weighted by molar-refractivity contribution is 6.30. The summed E-state index contributed by atoms with van der Waals surface area (Å²) >= 11 is 5.68. The average Bonchev–Trinajstić information content (AvgIpc) is 3.31. The highest BCUT2D eigenvalue weighted by Crippen LogP contribution is 2.28. The molecule has 0 aromatic heterocycles. The first kappa shape index (κ1) is 14.8. The second kappa shape index (κ2) is 5.91. The summed E-state index contributed by atoms with van der Waals surface area (Å²) in [6, 6.07) is 4.63. The molecule has 0 radical (unpaired) electrons. The summed E-state index contributed by atoms with van der Waals surface area (Å²) < 4.78 is 13.8. The lowest BCUT2D eigenvalue weighted by molar-refractivity contribution is -0.142. The molecule has 21 heavy (non-hydrogen) atoms. The number of aliphatic hydroxyl groups excluding tert-OH is 1. The Bertz CT molecular complexity index is 542. The molecule has 6 heteroatoms. The second-order valence-corrected chi connectivity index (χ2v) is 6.10. The molecule has 2 fully saturated rings. The van der Waals surface area contributed by atoms with Crippen LogP contribution in [0.5, 0.6) is 0 Å². The van der Waals surface area contributed by atoms with E-state index in [4.69, 9.17) is 11.6 Å². The molecule has 0 bridgehead atoms. The fourth-order valence-corrected chi connectivity index (χ4v) is 2.94. The normalized spacial score (nSPS) is 21.4. The summed E-state index contributed by atoms with van der Waals surface area (Å²) in [7, 11) is 0. The molecule has 2 aliphatic rings. The van der Waals surface area contributed by atoms with Crippen LogP contribution in [0.4, 0.5) is 4.39 Å². The Hall–Kier alpha value is -1.17. The van der Waals surface area contributed by atoms with Crippen LogP contribution in [0, 0.1) is 5.82 Å². The van der Waals surface area contributed by atoms with E-state index in [1.54, 1.807) is 4.90 Å². The van der Waals surface area contributed by atoms with Crippen LogP contribution in [0.25, 0.3) is 0 Å². The number of benzene rings is 1. The minimum absolute atomic E-state index is 0.0194. The third-order valence-corrected chi connectivity index (χ3v) is 4.42. The van der Waals surface area contributed by atoms with Crippen molar-refractivity contribution in [3.63, 3.8) is 0 Å². The molecule has 0 spiro atoms. The number of piperazine rings is 1. The third kappa shape index (κ3) is 3.20. The Morgan fingerprint density at radius 1 is 1.29 bits per heavy atom. The van der Waals surface area contributed by atoms with Crippen molar-refractivity contribution >= 4 is 17.5 Å². The standard InChI is InChI=1S/C15H18ClFN2O2/c16-10-1-4-12(13(17)9-10)14(20)15(21)19-7-5-18(6-8-19)11-2-3-11/h1,4,9,11,14,20H,2-3,5-8H2/t14-/m0/s1. The number of aliphatic hydroxyl groups is 1. The number of amides is 1. The largest absolute Gasteiger partial charge is 0.378 e. The molecule has 1 amide bonds. The van der Waals surface area contributed by atoms with Gasteiger partial charge in [0.25, 0.3) is 5.91 Å². The van der Waals surface area contributed by atoms with Crippen LogP contribution in [-0.2, 0) is 4.79 Å². The van der Waals surface area contributed by atoms with Crippen molar-refractivity contribution in [1.29, 1.82) is 0 Å². The highest BCUT2D eigenvalue weighted by atomic mass is 35.5.